The molecule has 1 amide bonds. The van der Waals surface area contributed by atoms with E-state index in [-0.39, 0.29) is 17.7 Å². The molecule has 2 rings (SSSR count). The van der Waals surface area contributed by atoms with Gasteiger partial charge in [0.05, 0.1) is 12.5 Å². The standard InChI is InChI=1S/C19H27NO4/c1-19(2,3)14-9-7-13(8-10-14)15(12-17(21)22)20-18(23)16-6-4-5-11-24-16/h7-10,15-16H,4-6,11-12H2,1-3H3,(H,20,23)(H,21,22). The van der Waals surface area contributed by atoms with Crippen molar-refractivity contribution in [2.45, 2.75) is 64.0 Å². The van der Waals surface area contributed by atoms with E-state index < -0.39 is 18.1 Å². The third-order valence-electron chi connectivity index (χ3n) is 4.35. The summed E-state index contributed by atoms with van der Waals surface area (Å²) in [4.78, 5) is 23.5. The number of benzene rings is 1. The lowest BCUT2D eigenvalue weighted by atomic mass is 9.86. The maximum Gasteiger partial charge on any atom is 0.305 e. The number of amides is 1. The van der Waals surface area contributed by atoms with Crippen LogP contribution in [0, 0.1) is 0 Å². The van der Waals surface area contributed by atoms with Gasteiger partial charge in [0.1, 0.15) is 6.10 Å². The molecule has 1 fully saturated rings. The fourth-order valence-electron chi connectivity index (χ4n) is 2.85. The van der Waals surface area contributed by atoms with E-state index >= 15 is 0 Å². The number of hydrogen-bond donors (Lipinski definition) is 2. The third kappa shape index (κ3) is 5.06. The van der Waals surface area contributed by atoms with Gasteiger partial charge in [-0.25, -0.2) is 0 Å². The second kappa shape index (κ2) is 7.79. The lowest BCUT2D eigenvalue weighted by molar-refractivity contribution is -0.139. The Balaban J connectivity index is 2.12. The van der Waals surface area contributed by atoms with E-state index in [4.69, 9.17) is 9.84 Å². The summed E-state index contributed by atoms with van der Waals surface area (Å²) in [6.07, 6.45) is 2.00. The van der Waals surface area contributed by atoms with Gasteiger partial charge in [-0.05, 0) is 35.8 Å². The van der Waals surface area contributed by atoms with Gasteiger partial charge in [-0.15, -0.1) is 0 Å². The van der Waals surface area contributed by atoms with Gasteiger partial charge in [0.25, 0.3) is 0 Å². The van der Waals surface area contributed by atoms with Crippen LogP contribution in [0.1, 0.15) is 63.6 Å². The minimum absolute atomic E-state index is 0.0278. The molecule has 0 bridgehead atoms. The van der Waals surface area contributed by atoms with Crippen LogP contribution in [-0.4, -0.2) is 29.7 Å². The van der Waals surface area contributed by atoms with E-state index in [2.05, 4.69) is 26.1 Å². The number of carbonyl (C=O) groups excluding carboxylic acids is 1. The van der Waals surface area contributed by atoms with Crippen molar-refractivity contribution in [1.82, 2.24) is 5.32 Å². The largest absolute Gasteiger partial charge is 0.481 e. The van der Waals surface area contributed by atoms with Crippen molar-refractivity contribution in [3.8, 4) is 0 Å². The first-order chi connectivity index (χ1) is 11.3. The molecule has 1 heterocycles. The molecule has 132 valence electrons. The predicted octanol–water partition coefficient (Wildman–Crippen LogP) is 3.19. The van der Waals surface area contributed by atoms with Crippen molar-refractivity contribution in [3.63, 3.8) is 0 Å². The summed E-state index contributed by atoms with van der Waals surface area (Å²) in [5, 5.41) is 12.0. The highest BCUT2D eigenvalue weighted by Crippen LogP contribution is 2.25. The molecule has 1 saturated heterocycles. The van der Waals surface area contributed by atoms with Crippen LogP contribution >= 0.6 is 0 Å². The molecular formula is C19H27NO4. The summed E-state index contributed by atoms with van der Waals surface area (Å²) in [5.41, 5.74) is 2.00. The minimum Gasteiger partial charge on any atom is -0.481 e. The van der Waals surface area contributed by atoms with Gasteiger partial charge >= 0.3 is 5.97 Å². The molecule has 2 atom stereocenters. The molecule has 1 aromatic rings. The van der Waals surface area contributed by atoms with Crippen molar-refractivity contribution in [3.05, 3.63) is 35.4 Å². The molecule has 2 unspecified atom stereocenters. The molecule has 1 aliphatic heterocycles. The van der Waals surface area contributed by atoms with Crippen LogP contribution < -0.4 is 5.32 Å². The van der Waals surface area contributed by atoms with Gasteiger partial charge in [-0.3, -0.25) is 9.59 Å². The first kappa shape index (κ1) is 18.5. The van der Waals surface area contributed by atoms with Crippen LogP contribution in [0.15, 0.2) is 24.3 Å². The maximum absolute atomic E-state index is 12.4. The Kier molecular flexibility index (Phi) is 5.99. The number of carboxylic acid groups (broad SMARTS) is 1. The quantitative estimate of drug-likeness (QED) is 0.868. The molecule has 24 heavy (non-hydrogen) atoms. The molecule has 0 saturated carbocycles. The highest BCUT2D eigenvalue weighted by atomic mass is 16.5. The minimum atomic E-state index is -0.940. The number of carbonyl (C=O) groups is 2. The summed E-state index contributed by atoms with van der Waals surface area (Å²) >= 11 is 0. The lowest BCUT2D eigenvalue weighted by Gasteiger charge is -2.25. The molecule has 2 N–H and O–H groups in total. The molecule has 0 spiro atoms. The lowest BCUT2D eigenvalue weighted by Crippen LogP contribution is -2.40. The number of ether oxygens (including phenoxy) is 1. The Bertz CT molecular complexity index is 568. The number of aliphatic carboxylic acids is 1. The Morgan fingerprint density at radius 2 is 1.92 bits per heavy atom. The fraction of sp³-hybridized carbons (Fsp3) is 0.579. The highest BCUT2D eigenvalue weighted by molar-refractivity contribution is 5.82. The number of rotatable bonds is 5. The first-order valence-electron chi connectivity index (χ1n) is 8.51. The first-order valence-corrected chi connectivity index (χ1v) is 8.51. The third-order valence-corrected chi connectivity index (χ3v) is 4.35. The number of nitrogens with one attached hydrogen (secondary N) is 1. The van der Waals surface area contributed by atoms with Crippen LogP contribution in [0.4, 0.5) is 0 Å². The summed E-state index contributed by atoms with van der Waals surface area (Å²) in [6.45, 7) is 6.96. The summed E-state index contributed by atoms with van der Waals surface area (Å²) in [5.74, 6) is -1.16. The smallest absolute Gasteiger partial charge is 0.305 e. The molecule has 5 nitrogen and oxygen atoms in total. The molecule has 0 aliphatic carbocycles. The van der Waals surface area contributed by atoms with E-state index in [9.17, 15) is 9.59 Å². The van der Waals surface area contributed by atoms with Crippen LogP contribution in [0.3, 0.4) is 0 Å². The summed E-state index contributed by atoms with van der Waals surface area (Å²) < 4.78 is 5.49. The van der Waals surface area contributed by atoms with Gasteiger partial charge in [-0.1, -0.05) is 45.0 Å². The van der Waals surface area contributed by atoms with Gasteiger partial charge in [0.2, 0.25) is 5.91 Å². The molecule has 0 aromatic heterocycles. The molecule has 1 aromatic carbocycles. The SMILES string of the molecule is CC(C)(C)c1ccc(C(CC(=O)O)NC(=O)C2CCCCO2)cc1. The Morgan fingerprint density at radius 1 is 1.25 bits per heavy atom. The van der Waals surface area contributed by atoms with E-state index in [1.54, 1.807) is 0 Å². The highest BCUT2D eigenvalue weighted by Gasteiger charge is 2.26. The zero-order valence-corrected chi connectivity index (χ0v) is 14.7. The van der Waals surface area contributed by atoms with E-state index in [1.807, 2.05) is 24.3 Å². The summed E-state index contributed by atoms with van der Waals surface area (Å²) in [6, 6.07) is 7.24. The van der Waals surface area contributed by atoms with Crippen LogP contribution in [-0.2, 0) is 19.7 Å². The van der Waals surface area contributed by atoms with E-state index in [0.29, 0.717) is 13.0 Å². The zero-order valence-electron chi connectivity index (χ0n) is 14.7. The van der Waals surface area contributed by atoms with Crippen molar-refractivity contribution < 1.29 is 19.4 Å². The molecule has 1 aliphatic rings. The molecular weight excluding hydrogens is 306 g/mol. The van der Waals surface area contributed by atoms with Crippen LogP contribution in [0.5, 0.6) is 0 Å². The van der Waals surface area contributed by atoms with Crippen molar-refractivity contribution in [2.24, 2.45) is 0 Å². The van der Waals surface area contributed by atoms with Gasteiger partial charge in [0, 0.05) is 6.61 Å². The second-order valence-corrected chi connectivity index (χ2v) is 7.39. The fourth-order valence-corrected chi connectivity index (χ4v) is 2.85. The van der Waals surface area contributed by atoms with Gasteiger partial charge in [0.15, 0.2) is 0 Å². The van der Waals surface area contributed by atoms with E-state index in [1.165, 1.54) is 5.56 Å². The normalized spacial score (nSPS) is 19.5. The average Bonchev–Trinajstić information content (AvgIpc) is 2.54. The number of hydrogen-bond acceptors (Lipinski definition) is 3. The van der Waals surface area contributed by atoms with Crippen LogP contribution in [0.25, 0.3) is 0 Å². The summed E-state index contributed by atoms with van der Waals surface area (Å²) in [7, 11) is 0. The van der Waals surface area contributed by atoms with Gasteiger partial charge < -0.3 is 15.2 Å². The molecule has 5 heteroatoms. The van der Waals surface area contributed by atoms with Gasteiger partial charge in [-0.2, -0.15) is 0 Å². The van der Waals surface area contributed by atoms with E-state index in [0.717, 1.165) is 18.4 Å². The Morgan fingerprint density at radius 3 is 2.42 bits per heavy atom. The average molecular weight is 333 g/mol. The Hall–Kier alpha value is -1.88. The van der Waals surface area contributed by atoms with Crippen molar-refractivity contribution >= 4 is 11.9 Å². The molecule has 0 radical (unpaired) electrons. The second-order valence-electron chi connectivity index (χ2n) is 7.39. The van der Waals surface area contributed by atoms with Crippen molar-refractivity contribution in [2.75, 3.05) is 6.61 Å². The number of carboxylic acids is 1. The predicted molar refractivity (Wildman–Crippen MR) is 91.9 cm³/mol. The Labute approximate surface area is 143 Å². The monoisotopic (exact) mass is 333 g/mol. The maximum atomic E-state index is 12.4. The topological polar surface area (TPSA) is 75.6 Å². The van der Waals surface area contributed by atoms with Crippen molar-refractivity contribution in [1.29, 1.82) is 0 Å². The zero-order chi connectivity index (χ0) is 17.7. The van der Waals surface area contributed by atoms with Crippen LogP contribution in [0.2, 0.25) is 0 Å².